The van der Waals surface area contributed by atoms with E-state index in [9.17, 15) is 13.2 Å². The molecule has 18 heavy (non-hydrogen) atoms. The van der Waals surface area contributed by atoms with Crippen LogP contribution in [0.25, 0.3) is 0 Å². The lowest BCUT2D eigenvalue weighted by Crippen LogP contribution is -2.26. The molecule has 0 aliphatic heterocycles. The lowest BCUT2D eigenvalue weighted by Gasteiger charge is -2.12. The van der Waals surface area contributed by atoms with E-state index in [4.69, 9.17) is 4.55 Å². The number of nitrogens with one attached hydrogen (secondary N) is 1. The molecule has 6 nitrogen and oxygen atoms in total. The fourth-order valence-electron chi connectivity index (χ4n) is 0.957. The molecule has 0 radical (unpaired) electrons. The van der Waals surface area contributed by atoms with Gasteiger partial charge in [0.05, 0.1) is 0 Å². The molecule has 1 atom stereocenters. The minimum Gasteiger partial charge on any atom is -0.440 e. The fraction of sp³-hybridized carbons (Fsp3) is 0.727. The predicted octanol–water partition coefficient (Wildman–Crippen LogP) is 1.35. The van der Waals surface area contributed by atoms with Crippen LogP contribution in [-0.2, 0) is 19.6 Å². The third-order valence-electron chi connectivity index (χ3n) is 1.74. The highest BCUT2D eigenvalue weighted by atomic mass is 32.2. The van der Waals surface area contributed by atoms with Gasteiger partial charge in [0, 0.05) is 5.57 Å². The number of esters is 1. The minimum atomic E-state index is -4.33. The first-order chi connectivity index (χ1) is 8.24. The number of carbonyl (C=O) groups excluding carboxylic acids is 1. The van der Waals surface area contributed by atoms with E-state index in [2.05, 4.69) is 10.1 Å². The number of ether oxygens (including phenoxy) is 1. The van der Waals surface area contributed by atoms with Crippen LogP contribution in [0.1, 0.15) is 33.6 Å². The molecule has 0 aliphatic rings. The lowest BCUT2D eigenvalue weighted by atomic mass is 10.2. The van der Waals surface area contributed by atoms with E-state index in [-0.39, 0.29) is 6.42 Å². The first-order valence-corrected chi connectivity index (χ1v) is 7.17. The molecule has 0 aromatic rings. The molecule has 0 aliphatic carbocycles. The number of rotatable bonds is 5. The van der Waals surface area contributed by atoms with Crippen molar-refractivity contribution in [1.82, 2.24) is 5.32 Å². The first-order valence-electron chi connectivity index (χ1n) is 5.66. The summed E-state index contributed by atoms with van der Waals surface area (Å²) in [5.41, 5.74) is -1.15. The van der Waals surface area contributed by atoms with Crippen LogP contribution in [0.5, 0.6) is 0 Å². The van der Waals surface area contributed by atoms with Gasteiger partial charge >= 0.3 is 16.1 Å². The molecule has 0 saturated carbocycles. The van der Waals surface area contributed by atoms with Crippen molar-refractivity contribution >= 4 is 16.1 Å². The largest absolute Gasteiger partial charge is 0.440 e. The van der Waals surface area contributed by atoms with Gasteiger partial charge in [-0.2, -0.15) is 8.42 Å². The summed E-state index contributed by atoms with van der Waals surface area (Å²) in [6, 6.07) is 0. The standard InChI is InChI=1S/C9H16O5S.C2H7N/c1-4-6-7(3)9(10)14-8(5-2)15(11,12)13;1-3-2/h6,8H,4-5H2,1-3H3,(H,11,12,13);3H,1-2H3/b7-6+;. The smallest absolute Gasteiger partial charge is 0.334 e. The third-order valence-corrected chi connectivity index (χ3v) is 2.83. The normalized spacial score (nSPS) is 13.3. The molecule has 0 bridgehead atoms. The van der Waals surface area contributed by atoms with Crippen LogP contribution in [-0.4, -0.2) is 38.5 Å². The highest BCUT2D eigenvalue weighted by Crippen LogP contribution is 2.09. The molecular formula is C11H23NO5S. The molecule has 0 saturated heterocycles. The summed E-state index contributed by atoms with van der Waals surface area (Å²) in [7, 11) is -0.579. The Balaban J connectivity index is 0. The highest BCUT2D eigenvalue weighted by Gasteiger charge is 2.25. The van der Waals surface area contributed by atoms with Gasteiger partial charge in [0.25, 0.3) is 0 Å². The molecule has 108 valence electrons. The summed E-state index contributed by atoms with van der Waals surface area (Å²) in [5.74, 6) is -0.721. The van der Waals surface area contributed by atoms with Crippen LogP contribution in [0, 0.1) is 0 Å². The van der Waals surface area contributed by atoms with Crippen LogP contribution >= 0.6 is 0 Å². The van der Waals surface area contributed by atoms with Crippen molar-refractivity contribution in [1.29, 1.82) is 0 Å². The average molecular weight is 281 g/mol. The van der Waals surface area contributed by atoms with Crippen molar-refractivity contribution in [3.8, 4) is 0 Å². The predicted molar refractivity (Wildman–Crippen MR) is 70.8 cm³/mol. The van der Waals surface area contributed by atoms with Gasteiger partial charge < -0.3 is 10.1 Å². The topological polar surface area (TPSA) is 92.7 Å². The van der Waals surface area contributed by atoms with Gasteiger partial charge in [-0.05, 0) is 33.9 Å². The van der Waals surface area contributed by atoms with E-state index in [1.165, 1.54) is 13.8 Å². The van der Waals surface area contributed by atoms with Gasteiger partial charge in [-0.1, -0.05) is 19.9 Å². The first kappa shape index (κ1) is 19.4. The van der Waals surface area contributed by atoms with Gasteiger partial charge in [-0.25, -0.2) is 4.79 Å². The van der Waals surface area contributed by atoms with Crippen molar-refractivity contribution in [2.45, 2.75) is 39.0 Å². The Morgan fingerprint density at radius 3 is 2.11 bits per heavy atom. The Kier molecular flexibility index (Phi) is 10.8. The second-order valence-electron chi connectivity index (χ2n) is 3.55. The van der Waals surface area contributed by atoms with Crippen LogP contribution in [0.4, 0.5) is 0 Å². The summed E-state index contributed by atoms with van der Waals surface area (Å²) >= 11 is 0. The zero-order chi connectivity index (χ0) is 14.8. The number of allylic oxidation sites excluding steroid dienone is 1. The molecule has 2 N–H and O–H groups in total. The van der Waals surface area contributed by atoms with Crippen LogP contribution < -0.4 is 5.32 Å². The quantitative estimate of drug-likeness (QED) is 0.449. The molecule has 7 heteroatoms. The van der Waals surface area contributed by atoms with Crippen LogP contribution in [0.2, 0.25) is 0 Å². The second-order valence-corrected chi connectivity index (χ2v) is 5.11. The lowest BCUT2D eigenvalue weighted by molar-refractivity contribution is -0.141. The average Bonchev–Trinajstić information content (AvgIpc) is 2.25. The van der Waals surface area contributed by atoms with Gasteiger partial charge in [-0.15, -0.1) is 0 Å². The maximum absolute atomic E-state index is 11.3. The van der Waals surface area contributed by atoms with E-state index < -0.39 is 21.5 Å². The van der Waals surface area contributed by atoms with Crippen LogP contribution in [0.3, 0.4) is 0 Å². The highest BCUT2D eigenvalue weighted by molar-refractivity contribution is 7.86. The molecule has 0 aromatic carbocycles. The SMILES string of the molecule is CC/C=C(\C)C(=O)OC(CC)S(=O)(=O)O.CNC. The van der Waals surface area contributed by atoms with Gasteiger partial charge in [0.15, 0.2) is 0 Å². The van der Waals surface area contributed by atoms with Gasteiger partial charge in [0.1, 0.15) is 0 Å². The molecule has 0 rings (SSSR count). The number of hydrogen-bond acceptors (Lipinski definition) is 5. The van der Waals surface area contributed by atoms with E-state index in [0.29, 0.717) is 12.0 Å². The molecule has 0 aromatic heterocycles. The van der Waals surface area contributed by atoms with Crippen molar-refractivity contribution in [2.75, 3.05) is 14.1 Å². The second kappa shape index (κ2) is 10.0. The van der Waals surface area contributed by atoms with Crippen LogP contribution in [0.15, 0.2) is 11.6 Å². The molecular weight excluding hydrogens is 258 g/mol. The maximum Gasteiger partial charge on any atom is 0.334 e. The molecule has 0 fully saturated rings. The monoisotopic (exact) mass is 281 g/mol. The van der Waals surface area contributed by atoms with Crippen molar-refractivity contribution in [3.63, 3.8) is 0 Å². The molecule has 0 spiro atoms. The summed E-state index contributed by atoms with van der Waals surface area (Å²) in [5, 5.41) is 2.75. The van der Waals surface area contributed by atoms with Gasteiger partial charge in [-0.3, -0.25) is 4.55 Å². The Bertz CT molecular complexity index is 362. The zero-order valence-electron chi connectivity index (χ0n) is 11.6. The summed E-state index contributed by atoms with van der Waals surface area (Å²) in [6.07, 6.45) is 2.30. The number of hydrogen-bond donors (Lipinski definition) is 2. The summed E-state index contributed by atoms with van der Waals surface area (Å²) in [4.78, 5) is 11.3. The molecule has 0 heterocycles. The summed E-state index contributed by atoms with van der Waals surface area (Å²) in [6.45, 7) is 4.88. The van der Waals surface area contributed by atoms with E-state index in [1.54, 1.807) is 6.08 Å². The Morgan fingerprint density at radius 2 is 1.83 bits per heavy atom. The van der Waals surface area contributed by atoms with Crippen molar-refractivity contribution in [3.05, 3.63) is 11.6 Å². The molecule has 0 amide bonds. The zero-order valence-corrected chi connectivity index (χ0v) is 12.4. The van der Waals surface area contributed by atoms with E-state index >= 15 is 0 Å². The summed E-state index contributed by atoms with van der Waals surface area (Å²) < 4.78 is 34.8. The molecule has 1 unspecified atom stereocenters. The Hall–Kier alpha value is -0.920. The Labute approximate surface area is 109 Å². The Morgan fingerprint density at radius 1 is 1.39 bits per heavy atom. The van der Waals surface area contributed by atoms with E-state index in [0.717, 1.165) is 0 Å². The number of carbonyl (C=O) groups is 1. The third kappa shape index (κ3) is 9.15. The maximum atomic E-state index is 11.3. The van der Waals surface area contributed by atoms with E-state index in [1.807, 2.05) is 21.0 Å². The van der Waals surface area contributed by atoms with Crippen molar-refractivity contribution < 1.29 is 22.5 Å². The minimum absolute atomic E-state index is 0.0178. The van der Waals surface area contributed by atoms with Crippen molar-refractivity contribution in [2.24, 2.45) is 0 Å². The fourth-order valence-corrected chi connectivity index (χ4v) is 1.59. The van der Waals surface area contributed by atoms with Gasteiger partial charge in [0.2, 0.25) is 5.44 Å².